The van der Waals surface area contributed by atoms with Gasteiger partial charge in [0.25, 0.3) is 0 Å². The van der Waals surface area contributed by atoms with Crippen LogP contribution in [0.5, 0.6) is 0 Å². The molecule has 4 nitrogen and oxygen atoms in total. The Morgan fingerprint density at radius 3 is 1.32 bits per heavy atom. The maximum atomic E-state index is 14.1. The van der Waals surface area contributed by atoms with Crippen LogP contribution in [-0.4, -0.2) is 46.4 Å². The van der Waals surface area contributed by atoms with Gasteiger partial charge in [0.05, 0.1) is 24.2 Å². The Morgan fingerprint density at radius 1 is 0.618 bits per heavy atom. The van der Waals surface area contributed by atoms with Crippen LogP contribution in [0.3, 0.4) is 0 Å². The first-order valence-corrected chi connectivity index (χ1v) is 11.3. The van der Waals surface area contributed by atoms with Crippen molar-refractivity contribution >= 4 is 19.7 Å². The van der Waals surface area contributed by atoms with E-state index >= 15 is 0 Å². The van der Waals surface area contributed by atoms with Gasteiger partial charge in [-0.15, -0.1) is 0 Å². The summed E-state index contributed by atoms with van der Waals surface area (Å²) in [4.78, 5) is 0. The third-order valence-corrected chi connectivity index (χ3v) is 9.36. The number of alkyl halides is 9. The molecule has 0 aliphatic carbocycles. The van der Waals surface area contributed by atoms with Crippen molar-refractivity contribution in [2.24, 2.45) is 0 Å². The van der Waals surface area contributed by atoms with Crippen molar-refractivity contribution in [2.75, 3.05) is 5.75 Å². The monoisotopic (exact) mass is 570 g/mol. The first-order chi connectivity index (χ1) is 14.8. The molecule has 0 aliphatic heterocycles. The third-order valence-electron chi connectivity index (χ3n) is 3.95. The highest BCUT2D eigenvalue weighted by Crippen LogP contribution is 2.45. The molecule has 0 N–H and O–H groups in total. The van der Waals surface area contributed by atoms with E-state index in [-0.39, 0.29) is 0 Å². The van der Waals surface area contributed by atoms with Crippen LogP contribution in [0, 0.1) is 29.1 Å². The predicted molar refractivity (Wildman–Crippen MR) is 82.9 cm³/mol. The Labute approximate surface area is 180 Å². The Kier molecular flexibility index (Phi) is 8.26. The number of benzene rings is 1. The zero-order valence-electron chi connectivity index (χ0n) is 15.5. The maximum absolute atomic E-state index is 14.1. The first-order valence-electron chi connectivity index (χ1n) is 8.00. The highest BCUT2D eigenvalue weighted by Gasteiger charge is 2.60. The molecule has 2 unspecified atom stereocenters. The summed E-state index contributed by atoms with van der Waals surface area (Å²) in [6, 6.07) is 0. The molecule has 198 valence electrons. The minimum atomic E-state index is -7.26. The molecule has 0 spiro atoms. The number of halogens is 14. The van der Waals surface area contributed by atoms with Crippen LogP contribution in [0.15, 0.2) is 0 Å². The number of sulfone groups is 2. The lowest BCUT2D eigenvalue weighted by Gasteiger charge is -2.27. The summed E-state index contributed by atoms with van der Waals surface area (Å²) in [6.07, 6.45) is -24.2. The van der Waals surface area contributed by atoms with Crippen molar-refractivity contribution in [2.45, 2.75) is 41.2 Å². The zero-order valence-corrected chi connectivity index (χ0v) is 17.2. The number of rotatable bonds is 7. The highest BCUT2D eigenvalue weighted by molar-refractivity contribution is 8.08. The fourth-order valence-corrected chi connectivity index (χ4v) is 7.77. The summed E-state index contributed by atoms with van der Waals surface area (Å²) in [6.45, 7) is 0. The second-order valence-corrected chi connectivity index (χ2v) is 11.2. The number of hydrogen-bond donors (Lipinski definition) is 0. The molecule has 20 heteroatoms. The van der Waals surface area contributed by atoms with Crippen molar-refractivity contribution in [3.05, 3.63) is 34.6 Å². The van der Waals surface area contributed by atoms with Gasteiger partial charge in [0.1, 0.15) is 0 Å². The zero-order chi connectivity index (χ0) is 27.2. The first kappa shape index (κ1) is 30.2. The van der Waals surface area contributed by atoms with Gasteiger partial charge in [-0.1, -0.05) is 0 Å². The Balaban J connectivity index is 4.10. The van der Waals surface area contributed by atoms with E-state index in [1.165, 1.54) is 0 Å². The molecule has 0 radical (unpaired) electrons. The predicted octanol–water partition coefficient (Wildman–Crippen LogP) is 5.05. The van der Waals surface area contributed by atoms with Crippen molar-refractivity contribution in [1.29, 1.82) is 0 Å². The van der Waals surface area contributed by atoms with Crippen molar-refractivity contribution in [3.8, 4) is 0 Å². The van der Waals surface area contributed by atoms with E-state index in [2.05, 4.69) is 0 Å². The SMILES string of the molecule is O=S(=O)(CCC(F)(F)F)C(c1c(F)c(F)c(F)c(F)c1F)S(=O)(=O)C(CC(F)(F)F)C(F)(F)F. The average molecular weight is 570 g/mol. The Bertz CT molecular complexity index is 1100. The normalized spacial score (nSPS) is 15.9. The Morgan fingerprint density at radius 2 is 1.00 bits per heavy atom. The molecule has 1 rings (SSSR count). The minimum absolute atomic E-state index is 2.60. The molecular weight excluding hydrogens is 562 g/mol. The molecule has 0 aromatic heterocycles. The Hall–Kier alpha value is -1.86. The van der Waals surface area contributed by atoms with Crippen LogP contribution in [0.1, 0.15) is 23.0 Å². The van der Waals surface area contributed by atoms with Gasteiger partial charge in [0.15, 0.2) is 52.8 Å². The van der Waals surface area contributed by atoms with Crippen molar-refractivity contribution in [3.63, 3.8) is 0 Å². The molecular formula is C14H8F14O4S2. The summed E-state index contributed by atoms with van der Waals surface area (Å²) < 4.78 is 227. The van der Waals surface area contributed by atoms with Crippen LogP contribution in [0.25, 0.3) is 0 Å². The highest BCUT2D eigenvalue weighted by atomic mass is 32.3. The molecule has 34 heavy (non-hydrogen) atoms. The second-order valence-electron chi connectivity index (χ2n) is 6.49. The molecule has 0 saturated heterocycles. The van der Waals surface area contributed by atoms with E-state index in [0.717, 1.165) is 0 Å². The third kappa shape index (κ3) is 6.63. The molecule has 1 aromatic rings. The van der Waals surface area contributed by atoms with Gasteiger partial charge in [0.2, 0.25) is 5.82 Å². The van der Waals surface area contributed by atoms with Crippen LogP contribution in [-0.2, 0) is 19.7 Å². The van der Waals surface area contributed by atoms with Crippen LogP contribution in [0.2, 0.25) is 0 Å². The molecule has 0 aliphatic rings. The van der Waals surface area contributed by atoms with E-state index in [4.69, 9.17) is 0 Å². The lowest BCUT2D eigenvalue weighted by Crippen LogP contribution is -2.45. The molecule has 0 amide bonds. The summed E-state index contributed by atoms with van der Waals surface area (Å²) in [5, 5.41) is -4.87. The molecule has 0 fully saturated rings. The van der Waals surface area contributed by atoms with Crippen LogP contribution >= 0.6 is 0 Å². The summed E-state index contributed by atoms with van der Waals surface area (Å²) >= 11 is 0. The molecule has 1 aromatic carbocycles. The van der Waals surface area contributed by atoms with Gasteiger partial charge in [0, 0.05) is 0 Å². The lowest BCUT2D eigenvalue weighted by atomic mass is 10.2. The molecule has 0 saturated carbocycles. The van der Waals surface area contributed by atoms with Crippen LogP contribution < -0.4 is 0 Å². The topological polar surface area (TPSA) is 68.3 Å². The van der Waals surface area contributed by atoms with Gasteiger partial charge in [-0.25, -0.2) is 38.8 Å². The lowest BCUT2D eigenvalue weighted by molar-refractivity contribution is -0.180. The average Bonchev–Trinajstić information content (AvgIpc) is 2.62. The molecule has 2 atom stereocenters. The van der Waals surface area contributed by atoms with E-state index in [1.54, 1.807) is 0 Å². The minimum Gasteiger partial charge on any atom is -0.227 e. The van der Waals surface area contributed by atoms with Gasteiger partial charge < -0.3 is 0 Å². The van der Waals surface area contributed by atoms with Gasteiger partial charge in [-0.2, -0.15) is 39.5 Å². The summed E-state index contributed by atoms with van der Waals surface area (Å²) in [5.41, 5.74) is -3.09. The van der Waals surface area contributed by atoms with Gasteiger partial charge in [-0.05, 0) is 0 Å². The van der Waals surface area contributed by atoms with Crippen molar-refractivity contribution in [1.82, 2.24) is 0 Å². The summed E-state index contributed by atoms with van der Waals surface area (Å²) in [7, 11) is -13.8. The molecule has 0 bridgehead atoms. The maximum Gasteiger partial charge on any atom is 0.405 e. The van der Waals surface area contributed by atoms with E-state index < -0.39 is 101 Å². The van der Waals surface area contributed by atoms with E-state index in [9.17, 15) is 78.3 Å². The van der Waals surface area contributed by atoms with Crippen molar-refractivity contribution < 1.29 is 78.3 Å². The van der Waals surface area contributed by atoms with Gasteiger partial charge >= 0.3 is 18.5 Å². The number of hydrogen-bond acceptors (Lipinski definition) is 4. The fraction of sp³-hybridized carbons (Fsp3) is 0.571. The standard InChI is InChI=1S/C14H8F14O4S2/c15-6-5(7(16)9(18)10(19)8(6)17)11(33(29,30)2-1-12(20,21)22)34(31,32)4(14(26,27)28)3-13(23,24)25/h4,11H,1-3H2. The van der Waals surface area contributed by atoms with E-state index in [0.29, 0.717) is 0 Å². The second kappa shape index (κ2) is 9.30. The fourth-order valence-electron chi connectivity index (χ4n) is 2.52. The largest absolute Gasteiger partial charge is 0.405 e. The van der Waals surface area contributed by atoms with Crippen LogP contribution in [0.4, 0.5) is 61.5 Å². The smallest absolute Gasteiger partial charge is 0.227 e. The van der Waals surface area contributed by atoms with E-state index in [1.807, 2.05) is 0 Å². The molecule has 0 heterocycles. The van der Waals surface area contributed by atoms with Gasteiger partial charge in [-0.3, -0.25) is 0 Å². The quantitative estimate of drug-likeness (QED) is 0.262. The summed E-state index contributed by atoms with van der Waals surface area (Å²) in [5.74, 6) is -18.7.